The fourth-order valence-electron chi connectivity index (χ4n) is 4.34. The Labute approximate surface area is 210 Å². The lowest BCUT2D eigenvalue weighted by Crippen LogP contribution is -2.54. The van der Waals surface area contributed by atoms with E-state index in [4.69, 9.17) is 27.9 Å². The minimum absolute atomic E-state index is 0.0505. The molecular weight excluding hydrogens is 479 g/mol. The van der Waals surface area contributed by atoms with E-state index >= 15 is 0 Å². The molecule has 1 N–H and O–H groups in total. The van der Waals surface area contributed by atoms with E-state index < -0.39 is 12.0 Å². The van der Waals surface area contributed by atoms with Crippen molar-refractivity contribution in [3.8, 4) is 0 Å². The summed E-state index contributed by atoms with van der Waals surface area (Å²) in [4.78, 5) is 44.2. The Morgan fingerprint density at radius 2 is 1.82 bits per heavy atom. The Balaban J connectivity index is 1.99. The molecule has 0 aliphatic carbocycles. The smallest absolute Gasteiger partial charge is 0.338 e. The van der Waals surface area contributed by atoms with Crippen LogP contribution in [0.4, 0.5) is 4.79 Å². The summed E-state index contributed by atoms with van der Waals surface area (Å²) in [5.41, 5.74) is 1.45. The van der Waals surface area contributed by atoms with Crippen molar-refractivity contribution in [1.82, 2.24) is 20.0 Å². The number of nitrogens with zero attached hydrogens (tertiary/aromatic N) is 3. The second-order valence-electron chi connectivity index (χ2n) is 8.61. The van der Waals surface area contributed by atoms with E-state index in [1.54, 1.807) is 30.0 Å². The van der Waals surface area contributed by atoms with Crippen molar-refractivity contribution in [1.29, 1.82) is 0 Å². The highest BCUT2D eigenvalue weighted by Crippen LogP contribution is 2.37. The maximum atomic E-state index is 13.2. The molecule has 1 atom stereocenters. The summed E-state index contributed by atoms with van der Waals surface area (Å²) < 4.78 is 5.40. The van der Waals surface area contributed by atoms with Crippen LogP contribution in [-0.4, -0.2) is 78.5 Å². The largest absolute Gasteiger partial charge is 0.463 e. The molecule has 0 saturated carbocycles. The number of urea groups is 1. The average molecular weight is 511 g/mol. The maximum Gasteiger partial charge on any atom is 0.338 e. The van der Waals surface area contributed by atoms with E-state index in [9.17, 15) is 14.4 Å². The van der Waals surface area contributed by atoms with Crippen molar-refractivity contribution in [2.75, 3.05) is 45.9 Å². The van der Waals surface area contributed by atoms with Gasteiger partial charge in [0.15, 0.2) is 0 Å². The van der Waals surface area contributed by atoms with E-state index in [2.05, 4.69) is 10.2 Å². The third-order valence-electron chi connectivity index (χ3n) is 6.09. The summed E-state index contributed by atoms with van der Waals surface area (Å²) in [5.74, 6) is -0.426. The van der Waals surface area contributed by atoms with Gasteiger partial charge in [-0.15, -0.1) is 0 Å². The number of ether oxygens (including phenoxy) is 1. The zero-order valence-electron chi connectivity index (χ0n) is 20.1. The van der Waals surface area contributed by atoms with E-state index in [0.717, 1.165) is 0 Å². The number of amides is 3. The van der Waals surface area contributed by atoms with Gasteiger partial charge in [-0.2, -0.15) is 0 Å². The van der Waals surface area contributed by atoms with Crippen LogP contribution in [0.15, 0.2) is 29.5 Å². The maximum absolute atomic E-state index is 13.2. The molecule has 0 bridgehead atoms. The van der Waals surface area contributed by atoms with Crippen LogP contribution in [0.3, 0.4) is 0 Å². The quantitative estimate of drug-likeness (QED) is 0.565. The zero-order chi connectivity index (χ0) is 25.0. The van der Waals surface area contributed by atoms with Gasteiger partial charge >= 0.3 is 12.0 Å². The van der Waals surface area contributed by atoms with Gasteiger partial charge in [-0.1, -0.05) is 49.2 Å². The Morgan fingerprint density at radius 3 is 2.41 bits per heavy atom. The third kappa shape index (κ3) is 5.50. The molecule has 34 heavy (non-hydrogen) atoms. The fraction of sp³-hybridized carbons (Fsp3) is 0.542. The Bertz CT molecular complexity index is 974. The minimum atomic E-state index is -0.792. The lowest BCUT2D eigenvalue weighted by Gasteiger charge is -2.40. The molecule has 3 amide bonds. The molecule has 1 aromatic rings. The van der Waals surface area contributed by atoms with Crippen LogP contribution in [0, 0.1) is 5.92 Å². The van der Waals surface area contributed by atoms with E-state index in [0.29, 0.717) is 61.1 Å². The third-order valence-corrected chi connectivity index (χ3v) is 6.93. The van der Waals surface area contributed by atoms with E-state index in [-0.39, 0.29) is 29.5 Å². The van der Waals surface area contributed by atoms with Gasteiger partial charge in [-0.05, 0) is 25.5 Å². The van der Waals surface area contributed by atoms with Gasteiger partial charge in [0.2, 0.25) is 5.91 Å². The second-order valence-corrected chi connectivity index (χ2v) is 9.39. The Morgan fingerprint density at radius 1 is 1.15 bits per heavy atom. The SMILES string of the molecule is CCOC(=O)C1=C(CN2CCN(C(=O)C(C)C)CC2)N(CC)C(=O)NC1c1cccc(Cl)c1Cl. The van der Waals surface area contributed by atoms with Gasteiger partial charge in [0.25, 0.3) is 0 Å². The molecule has 0 aromatic heterocycles. The average Bonchev–Trinajstić information content (AvgIpc) is 2.80. The first kappa shape index (κ1) is 26.3. The molecule has 3 rings (SSSR count). The van der Waals surface area contributed by atoms with Crippen LogP contribution in [0.25, 0.3) is 0 Å². The first-order valence-corrected chi connectivity index (χ1v) is 12.4. The fourth-order valence-corrected chi connectivity index (χ4v) is 4.75. The first-order chi connectivity index (χ1) is 16.2. The van der Waals surface area contributed by atoms with E-state index in [1.165, 1.54) is 0 Å². The second kappa shape index (κ2) is 11.4. The van der Waals surface area contributed by atoms with Crippen LogP contribution in [0.1, 0.15) is 39.3 Å². The van der Waals surface area contributed by atoms with Gasteiger partial charge in [0.1, 0.15) is 0 Å². The summed E-state index contributed by atoms with van der Waals surface area (Å²) >= 11 is 12.7. The summed E-state index contributed by atoms with van der Waals surface area (Å²) in [6.07, 6.45) is 0. The lowest BCUT2D eigenvalue weighted by molar-refractivity contribution is -0.139. The highest BCUT2D eigenvalue weighted by atomic mass is 35.5. The van der Waals surface area contributed by atoms with Crippen LogP contribution in [0.2, 0.25) is 10.0 Å². The predicted molar refractivity (Wildman–Crippen MR) is 132 cm³/mol. The topological polar surface area (TPSA) is 82.2 Å². The molecule has 1 fully saturated rings. The Hall–Kier alpha value is -2.29. The number of hydrogen-bond donors (Lipinski definition) is 1. The van der Waals surface area contributed by atoms with Gasteiger partial charge < -0.3 is 15.0 Å². The molecule has 8 nitrogen and oxygen atoms in total. The molecule has 2 aliphatic rings. The van der Waals surface area contributed by atoms with Gasteiger partial charge in [0, 0.05) is 50.9 Å². The molecule has 2 aliphatic heterocycles. The van der Waals surface area contributed by atoms with Crippen LogP contribution < -0.4 is 5.32 Å². The summed E-state index contributed by atoms with van der Waals surface area (Å²) in [6, 6.07) is 4.02. The molecule has 0 spiro atoms. The normalized spacial score (nSPS) is 19.5. The molecule has 1 saturated heterocycles. The number of halogens is 2. The van der Waals surface area contributed by atoms with Crippen molar-refractivity contribution < 1.29 is 19.1 Å². The van der Waals surface area contributed by atoms with Crippen LogP contribution in [0.5, 0.6) is 0 Å². The molecule has 1 aromatic carbocycles. The van der Waals surface area contributed by atoms with Gasteiger partial charge in [-0.3, -0.25) is 14.6 Å². The summed E-state index contributed by atoms with van der Waals surface area (Å²) in [5, 5.41) is 3.52. The molecule has 1 unspecified atom stereocenters. The number of esters is 1. The lowest BCUT2D eigenvalue weighted by atomic mass is 9.94. The highest BCUT2D eigenvalue weighted by molar-refractivity contribution is 6.42. The van der Waals surface area contributed by atoms with Crippen molar-refractivity contribution >= 4 is 41.1 Å². The predicted octanol–water partition coefficient (Wildman–Crippen LogP) is 3.70. The number of rotatable bonds is 7. The first-order valence-electron chi connectivity index (χ1n) is 11.6. The van der Waals surface area contributed by atoms with Gasteiger partial charge in [0.05, 0.1) is 28.3 Å². The summed E-state index contributed by atoms with van der Waals surface area (Å²) in [6.45, 7) is 10.8. The number of piperazine rings is 1. The van der Waals surface area contributed by atoms with Crippen LogP contribution >= 0.6 is 23.2 Å². The van der Waals surface area contributed by atoms with Crippen molar-refractivity contribution in [2.45, 2.75) is 33.7 Å². The zero-order valence-corrected chi connectivity index (χ0v) is 21.6. The number of carbonyl (C=O) groups excluding carboxylic acids is 3. The number of nitrogens with one attached hydrogen (secondary N) is 1. The number of benzene rings is 1. The minimum Gasteiger partial charge on any atom is -0.463 e. The molecule has 186 valence electrons. The molecule has 2 heterocycles. The highest BCUT2D eigenvalue weighted by Gasteiger charge is 2.39. The van der Waals surface area contributed by atoms with Crippen LogP contribution in [-0.2, 0) is 14.3 Å². The number of carbonyl (C=O) groups is 3. The van der Waals surface area contributed by atoms with E-state index in [1.807, 2.05) is 25.7 Å². The standard InChI is InChI=1S/C24H32Cl2N4O4/c1-5-30-18(14-28-10-12-29(13-11-28)22(31)15(3)4)19(23(32)34-6-2)21(27-24(30)33)16-8-7-9-17(25)20(16)26/h7-9,15,21H,5-6,10-14H2,1-4H3,(H,27,33). The van der Waals surface area contributed by atoms with Crippen molar-refractivity contribution in [3.05, 3.63) is 45.1 Å². The van der Waals surface area contributed by atoms with Crippen molar-refractivity contribution in [2.24, 2.45) is 5.92 Å². The Kier molecular flexibility index (Phi) is 8.84. The number of hydrogen-bond acceptors (Lipinski definition) is 5. The molecule has 0 radical (unpaired) electrons. The molecular formula is C24H32Cl2N4O4. The van der Waals surface area contributed by atoms with Crippen molar-refractivity contribution in [3.63, 3.8) is 0 Å². The number of likely N-dealkylation sites (N-methyl/N-ethyl adjacent to an activating group) is 1. The summed E-state index contributed by atoms with van der Waals surface area (Å²) in [7, 11) is 0. The van der Waals surface area contributed by atoms with Gasteiger partial charge in [-0.25, -0.2) is 9.59 Å². The monoisotopic (exact) mass is 510 g/mol. The molecule has 10 heteroatoms.